The van der Waals surface area contributed by atoms with E-state index in [2.05, 4.69) is 48.9 Å². The summed E-state index contributed by atoms with van der Waals surface area (Å²) in [5.41, 5.74) is 3.76. The number of aromatic nitrogens is 4. The second kappa shape index (κ2) is 8.52. The van der Waals surface area contributed by atoms with Crippen LogP contribution < -0.4 is 5.32 Å². The molecule has 2 N–H and O–H groups in total. The highest BCUT2D eigenvalue weighted by molar-refractivity contribution is 5.96. The fraction of sp³-hybridized carbons (Fsp3) is 0.391. The Morgan fingerprint density at radius 3 is 2.90 bits per heavy atom. The number of terminal acetylenes is 1. The number of H-pyrrole nitrogens is 1. The summed E-state index contributed by atoms with van der Waals surface area (Å²) in [6.45, 7) is 14.5. The zero-order valence-corrected chi connectivity index (χ0v) is 17.3. The lowest BCUT2D eigenvalue weighted by atomic mass is 9.90. The van der Waals surface area contributed by atoms with E-state index < -0.39 is 0 Å². The monoisotopic (exact) mass is 399 g/mol. The van der Waals surface area contributed by atoms with Gasteiger partial charge in [0.15, 0.2) is 0 Å². The molecule has 1 saturated heterocycles. The smallest absolute Gasteiger partial charge is 0.231 e. The van der Waals surface area contributed by atoms with Crippen LogP contribution in [-0.4, -0.2) is 50.5 Å². The van der Waals surface area contributed by atoms with E-state index in [9.17, 15) is 0 Å². The third kappa shape index (κ3) is 3.98. The van der Waals surface area contributed by atoms with E-state index in [0.717, 1.165) is 54.6 Å². The van der Waals surface area contributed by atoms with Crippen molar-refractivity contribution in [2.75, 3.05) is 25.0 Å². The molecule has 0 spiro atoms. The number of hydrogen-bond donors (Lipinski definition) is 2. The number of nitrogens with one attached hydrogen (secondary N) is 2. The van der Waals surface area contributed by atoms with Gasteiger partial charge in [-0.3, -0.25) is 4.90 Å². The van der Waals surface area contributed by atoms with Crippen LogP contribution in [0.15, 0.2) is 24.7 Å². The molecule has 1 unspecified atom stereocenters. The predicted molar refractivity (Wildman–Crippen MR) is 119 cm³/mol. The summed E-state index contributed by atoms with van der Waals surface area (Å²) in [5, 5.41) is 4.42. The Balaban J connectivity index is 1.57. The van der Waals surface area contributed by atoms with Gasteiger partial charge in [0.1, 0.15) is 5.65 Å². The second-order valence-corrected chi connectivity index (χ2v) is 7.90. The standard InChI is InChI=1S/C23H25N7/c1-5-8-30-9-6-17(7-10-30)16(3)28-23-27-14-20(24-4)21(29-23)19-13-26-22-18(19)11-15(2)12-25-22/h1,11-14,16-17H,6-10H2,2-3H3,(H,25,26)(H,27,28,29). The number of rotatable bonds is 5. The quantitative estimate of drug-likeness (QED) is 0.501. The van der Waals surface area contributed by atoms with E-state index in [0.29, 0.717) is 23.2 Å². The van der Waals surface area contributed by atoms with Crippen molar-refractivity contribution in [3.05, 3.63) is 41.6 Å². The Labute approximate surface area is 176 Å². The number of likely N-dealkylation sites (tertiary alicyclic amines) is 1. The number of hydrogen-bond acceptors (Lipinski definition) is 5. The normalized spacial score (nSPS) is 16.1. The molecule has 7 heteroatoms. The summed E-state index contributed by atoms with van der Waals surface area (Å²) in [6, 6.07) is 2.29. The van der Waals surface area contributed by atoms with Crippen LogP contribution in [0.5, 0.6) is 0 Å². The molecule has 1 aliphatic heterocycles. The number of fused-ring (bicyclic) bond motifs is 1. The molecular weight excluding hydrogens is 374 g/mol. The summed E-state index contributed by atoms with van der Waals surface area (Å²) in [4.78, 5) is 22.7. The first kappa shape index (κ1) is 19.9. The lowest BCUT2D eigenvalue weighted by molar-refractivity contribution is 0.193. The summed E-state index contributed by atoms with van der Waals surface area (Å²) >= 11 is 0. The third-order valence-electron chi connectivity index (χ3n) is 5.82. The van der Waals surface area contributed by atoms with Crippen LogP contribution in [0.3, 0.4) is 0 Å². The average Bonchev–Trinajstić information content (AvgIpc) is 3.17. The van der Waals surface area contributed by atoms with Crippen LogP contribution in [-0.2, 0) is 0 Å². The maximum atomic E-state index is 7.54. The van der Waals surface area contributed by atoms with E-state index in [1.54, 1.807) is 6.20 Å². The molecule has 0 aliphatic carbocycles. The Morgan fingerprint density at radius 1 is 1.37 bits per heavy atom. The van der Waals surface area contributed by atoms with E-state index in [1.807, 2.05) is 19.3 Å². The van der Waals surface area contributed by atoms with Crippen molar-refractivity contribution in [3.63, 3.8) is 0 Å². The van der Waals surface area contributed by atoms with Crippen molar-refractivity contribution in [2.24, 2.45) is 5.92 Å². The van der Waals surface area contributed by atoms with Gasteiger partial charge in [-0.15, -0.1) is 6.42 Å². The molecule has 4 rings (SSSR count). The Kier molecular flexibility index (Phi) is 5.65. The molecule has 3 aromatic heterocycles. The minimum absolute atomic E-state index is 0.233. The molecule has 0 aromatic carbocycles. The second-order valence-electron chi connectivity index (χ2n) is 7.90. The van der Waals surface area contributed by atoms with Gasteiger partial charge in [0.2, 0.25) is 11.6 Å². The molecule has 4 heterocycles. The van der Waals surface area contributed by atoms with Gasteiger partial charge in [0.05, 0.1) is 18.8 Å². The summed E-state index contributed by atoms with van der Waals surface area (Å²) < 4.78 is 0. The van der Waals surface area contributed by atoms with Crippen molar-refractivity contribution in [3.8, 4) is 23.6 Å². The predicted octanol–water partition coefficient (Wildman–Crippen LogP) is 4.02. The van der Waals surface area contributed by atoms with Gasteiger partial charge in [0, 0.05) is 35.6 Å². The van der Waals surface area contributed by atoms with Crippen LogP contribution >= 0.6 is 0 Å². The van der Waals surface area contributed by atoms with Crippen LogP contribution in [0.1, 0.15) is 25.3 Å². The average molecular weight is 400 g/mol. The Morgan fingerprint density at radius 2 is 2.17 bits per heavy atom. The maximum absolute atomic E-state index is 7.54. The molecule has 7 nitrogen and oxygen atoms in total. The fourth-order valence-electron chi connectivity index (χ4n) is 4.09. The van der Waals surface area contributed by atoms with Gasteiger partial charge in [0.25, 0.3) is 0 Å². The van der Waals surface area contributed by atoms with Crippen molar-refractivity contribution in [1.29, 1.82) is 0 Å². The van der Waals surface area contributed by atoms with Crippen LogP contribution in [0.2, 0.25) is 0 Å². The van der Waals surface area contributed by atoms with Gasteiger partial charge in [-0.1, -0.05) is 5.92 Å². The van der Waals surface area contributed by atoms with Gasteiger partial charge in [-0.2, -0.15) is 0 Å². The molecule has 0 bridgehead atoms. The van der Waals surface area contributed by atoms with E-state index >= 15 is 0 Å². The zero-order valence-electron chi connectivity index (χ0n) is 17.3. The number of anilines is 1. The zero-order chi connectivity index (χ0) is 21.1. The Bertz CT molecular complexity index is 1130. The van der Waals surface area contributed by atoms with E-state index in [-0.39, 0.29) is 6.04 Å². The Hall–Kier alpha value is -3.42. The molecule has 3 aromatic rings. The fourth-order valence-corrected chi connectivity index (χ4v) is 4.09. The number of pyridine rings is 1. The number of nitrogens with zero attached hydrogens (tertiary/aromatic N) is 5. The summed E-state index contributed by atoms with van der Waals surface area (Å²) in [7, 11) is 0. The van der Waals surface area contributed by atoms with Gasteiger partial charge in [-0.05, 0) is 57.3 Å². The highest BCUT2D eigenvalue weighted by atomic mass is 15.1. The first-order valence-corrected chi connectivity index (χ1v) is 10.2. The van der Waals surface area contributed by atoms with Crippen LogP contribution in [0.25, 0.3) is 27.1 Å². The number of piperidine rings is 1. The third-order valence-corrected chi connectivity index (χ3v) is 5.82. The lowest BCUT2D eigenvalue weighted by Gasteiger charge is -2.34. The number of aromatic amines is 1. The number of aryl methyl sites for hydroxylation is 1. The molecule has 0 radical (unpaired) electrons. The highest BCUT2D eigenvalue weighted by Crippen LogP contribution is 2.34. The van der Waals surface area contributed by atoms with Crippen molar-refractivity contribution in [2.45, 2.75) is 32.7 Å². The molecule has 1 aliphatic rings. The highest BCUT2D eigenvalue weighted by Gasteiger charge is 2.24. The molecule has 1 fully saturated rings. The lowest BCUT2D eigenvalue weighted by Crippen LogP contribution is -2.39. The largest absolute Gasteiger partial charge is 0.352 e. The minimum Gasteiger partial charge on any atom is -0.352 e. The van der Waals surface area contributed by atoms with Crippen molar-refractivity contribution < 1.29 is 0 Å². The molecule has 1 atom stereocenters. The maximum Gasteiger partial charge on any atom is 0.231 e. The van der Waals surface area contributed by atoms with Crippen LogP contribution in [0.4, 0.5) is 11.6 Å². The first-order chi connectivity index (χ1) is 14.6. The van der Waals surface area contributed by atoms with Gasteiger partial charge < -0.3 is 10.3 Å². The first-order valence-electron chi connectivity index (χ1n) is 10.2. The molecule has 0 amide bonds. The molecular formula is C23H25N7. The topological polar surface area (TPSA) is 74.1 Å². The van der Waals surface area contributed by atoms with Gasteiger partial charge in [-0.25, -0.2) is 19.8 Å². The van der Waals surface area contributed by atoms with E-state index in [4.69, 9.17) is 18.0 Å². The molecule has 30 heavy (non-hydrogen) atoms. The minimum atomic E-state index is 0.233. The van der Waals surface area contributed by atoms with Crippen molar-refractivity contribution >= 4 is 22.7 Å². The summed E-state index contributed by atoms with van der Waals surface area (Å²) in [6.07, 6.45) is 12.9. The van der Waals surface area contributed by atoms with Crippen LogP contribution in [0, 0.1) is 31.8 Å². The molecule has 152 valence electrons. The molecule has 0 saturated carbocycles. The summed E-state index contributed by atoms with van der Waals surface area (Å²) in [5.74, 6) is 3.81. The van der Waals surface area contributed by atoms with Gasteiger partial charge >= 0.3 is 0 Å². The van der Waals surface area contributed by atoms with Crippen molar-refractivity contribution in [1.82, 2.24) is 24.8 Å². The van der Waals surface area contributed by atoms with E-state index in [1.165, 1.54) is 0 Å². The SMILES string of the molecule is [C-]#[N+]c1cnc(NC(C)C2CCN(CC#C)CC2)nc1-c1c[nH]c2ncc(C)cc12.